The molecule has 0 fully saturated rings. The average Bonchev–Trinajstić information content (AvgIpc) is 2.25. The standard InChI is InChI=1S/C10H12F2N2O4/c1-10(16,5-15)4-13-8-3-6(11)2-7(12)9(8)14(17)18/h2-3,13,15-16H,4-5H2,1H3. The van der Waals surface area contributed by atoms with E-state index in [0.717, 1.165) is 6.07 Å². The molecule has 6 nitrogen and oxygen atoms in total. The molecule has 0 aliphatic heterocycles. The number of nitro benzene ring substituents is 1. The zero-order valence-corrected chi connectivity index (χ0v) is 9.48. The molecule has 1 rings (SSSR count). The Bertz CT molecular complexity index is 465. The van der Waals surface area contributed by atoms with Crippen molar-refractivity contribution in [2.75, 3.05) is 18.5 Å². The maximum absolute atomic E-state index is 13.2. The Morgan fingerprint density at radius 3 is 2.61 bits per heavy atom. The summed E-state index contributed by atoms with van der Waals surface area (Å²) >= 11 is 0. The molecule has 1 aromatic carbocycles. The molecule has 1 atom stereocenters. The Labute approximate surface area is 101 Å². The highest BCUT2D eigenvalue weighted by molar-refractivity contribution is 5.62. The lowest BCUT2D eigenvalue weighted by Crippen LogP contribution is -2.37. The Kier molecular flexibility index (Phi) is 4.15. The molecule has 0 bridgehead atoms. The average molecular weight is 262 g/mol. The number of nitro groups is 1. The van der Waals surface area contributed by atoms with E-state index in [1.807, 2.05) is 0 Å². The molecule has 0 heterocycles. The number of halogens is 2. The van der Waals surface area contributed by atoms with Crippen LogP contribution in [0.5, 0.6) is 0 Å². The summed E-state index contributed by atoms with van der Waals surface area (Å²) in [5.74, 6) is -2.30. The van der Waals surface area contributed by atoms with Crippen molar-refractivity contribution in [3.8, 4) is 0 Å². The first-order valence-corrected chi connectivity index (χ1v) is 4.97. The molecule has 0 amide bonds. The van der Waals surface area contributed by atoms with Crippen LogP contribution in [0, 0.1) is 21.7 Å². The summed E-state index contributed by atoms with van der Waals surface area (Å²) in [6.45, 7) is 0.361. The molecule has 0 saturated heterocycles. The lowest BCUT2D eigenvalue weighted by atomic mass is 10.1. The molecule has 1 unspecified atom stereocenters. The van der Waals surface area contributed by atoms with Gasteiger partial charge in [-0.05, 0) is 6.92 Å². The van der Waals surface area contributed by atoms with Gasteiger partial charge in [-0.3, -0.25) is 10.1 Å². The number of anilines is 1. The third-order valence-corrected chi connectivity index (χ3v) is 2.21. The highest BCUT2D eigenvalue weighted by Gasteiger charge is 2.25. The van der Waals surface area contributed by atoms with Gasteiger partial charge in [0.25, 0.3) is 0 Å². The van der Waals surface area contributed by atoms with Crippen LogP contribution in [-0.2, 0) is 0 Å². The van der Waals surface area contributed by atoms with Crippen molar-refractivity contribution in [1.29, 1.82) is 0 Å². The van der Waals surface area contributed by atoms with E-state index in [1.54, 1.807) is 0 Å². The molecular formula is C10H12F2N2O4. The van der Waals surface area contributed by atoms with Crippen LogP contribution in [0.15, 0.2) is 12.1 Å². The van der Waals surface area contributed by atoms with E-state index in [1.165, 1.54) is 6.92 Å². The number of hydrogen-bond donors (Lipinski definition) is 3. The minimum Gasteiger partial charge on any atom is -0.393 e. The quantitative estimate of drug-likeness (QED) is 0.544. The van der Waals surface area contributed by atoms with Gasteiger partial charge in [0.05, 0.1) is 11.5 Å². The van der Waals surface area contributed by atoms with Crippen LogP contribution in [0.2, 0.25) is 0 Å². The molecule has 0 aliphatic rings. The topological polar surface area (TPSA) is 95.6 Å². The normalized spacial score (nSPS) is 14.1. The zero-order chi connectivity index (χ0) is 13.9. The van der Waals surface area contributed by atoms with Gasteiger partial charge in [0, 0.05) is 18.7 Å². The summed E-state index contributed by atoms with van der Waals surface area (Å²) in [7, 11) is 0. The second-order valence-corrected chi connectivity index (χ2v) is 4.05. The van der Waals surface area contributed by atoms with Crippen molar-refractivity contribution in [3.05, 3.63) is 33.9 Å². The molecular weight excluding hydrogens is 250 g/mol. The van der Waals surface area contributed by atoms with E-state index in [4.69, 9.17) is 5.11 Å². The number of aliphatic hydroxyl groups excluding tert-OH is 1. The second-order valence-electron chi connectivity index (χ2n) is 4.05. The third kappa shape index (κ3) is 3.34. The predicted octanol–water partition coefficient (Wildman–Crippen LogP) is 1.03. The number of benzene rings is 1. The van der Waals surface area contributed by atoms with Crippen molar-refractivity contribution in [2.45, 2.75) is 12.5 Å². The molecule has 0 spiro atoms. The van der Waals surface area contributed by atoms with Crippen LogP contribution in [-0.4, -0.2) is 33.9 Å². The molecule has 3 N–H and O–H groups in total. The van der Waals surface area contributed by atoms with Crippen molar-refractivity contribution < 1.29 is 23.9 Å². The van der Waals surface area contributed by atoms with Gasteiger partial charge in [0.15, 0.2) is 0 Å². The highest BCUT2D eigenvalue weighted by atomic mass is 19.1. The van der Waals surface area contributed by atoms with Gasteiger partial charge >= 0.3 is 5.69 Å². The van der Waals surface area contributed by atoms with Crippen LogP contribution < -0.4 is 5.32 Å². The Balaban J connectivity index is 3.04. The first-order chi connectivity index (χ1) is 8.26. The first kappa shape index (κ1) is 14.3. The first-order valence-electron chi connectivity index (χ1n) is 4.97. The van der Waals surface area contributed by atoms with Gasteiger partial charge in [-0.2, -0.15) is 4.39 Å². The monoisotopic (exact) mass is 262 g/mol. The van der Waals surface area contributed by atoms with Gasteiger partial charge in [0.1, 0.15) is 17.1 Å². The van der Waals surface area contributed by atoms with E-state index in [2.05, 4.69) is 5.32 Å². The van der Waals surface area contributed by atoms with Crippen LogP contribution >= 0.6 is 0 Å². The molecule has 8 heteroatoms. The van der Waals surface area contributed by atoms with Crippen molar-refractivity contribution >= 4 is 11.4 Å². The molecule has 1 aromatic rings. The number of rotatable bonds is 5. The maximum Gasteiger partial charge on any atom is 0.327 e. The lowest BCUT2D eigenvalue weighted by Gasteiger charge is -2.21. The van der Waals surface area contributed by atoms with Crippen molar-refractivity contribution in [1.82, 2.24) is 0 Å². The Morgan fingerprint density at radius 1 is 1.50 bits per heavy atom. The number of hydrogen-bond acceptors (Lipinski definition) is 5. The van der Waals surface area contributed by atoms with Crippen LogP contribution in [0.25, 0.3) is 0 Å². The Morgan fingerprint density at radius 2 is 2.11 bits per heavy atom. The third-order valence-electron chi connectivity index (χ3n) is 2.21. The fourth-order valence-electron chi connectivity index (χ4n) is 1.23. The summed E-state index contributed by atoms with van der Waals surface area (Å²) in [6.07, 6.45) is 0. The number of nitrogens with one attached hydrogen (secondary N) is 1. The summed E-state index contributed by atoms with van der Waals surface area (Å²) < 4.78 is 26.2. The molecule has 0 aromatic heterocycles. The smallest absolute Gasteiger partial charge is 0.327 e. The van der Waals surface area contributed by atoms with Gasteiger partial charge < -0.3 is 15.5 Å². The predicted molar refractivity (Wildman–Crippen MR) is 59.2 cm³/mol. The van der Waals surface area contributed by atoms with Crippen LogP contribution in [0.1, 0.15) is 6.92 Å². The van der Waals surface area contributed by atoms with Gasteiger partial charge in [0.2, 0.25) is 5.82 Å². The minimum absolute atomic E-state index is 0.298. The van der Waals surface area contributed by atoms with E-state index in [-0.39, 0.29) is 6.54 Å². The van der Waals surface area contributed by atoms with E-state index >= 15 is 0 Å². The summed E-state index contributed by atoms with van der Waals surface area (Å²) in [5.41, 5.74) is -2.87. The molecule has 100 valence electrons. The Hall–Kier alpha value is -1.80. The zero-order valence-electron chi connectivity index (χ0n) is 9.48. The second kappa shape index (κ2) is 5.23. The lowest BCUT2D eigenvalue weighted by molar-refractivity contribution is -0.386. The number of nitrogens with zero attached hydrogens (tertiary/aromatic N) is 1. The fourth-order valence-corrected chi connectivity index (χ4v) is 1.23. The fraction of sp³-hybridized carbons (Fsp3) is 0.400. The molecule has 18 heavy (non-hydrogen) atoms. The minimum atomic E-state index is -1.56. The van der Waals surface area contributed by atoms with E-state index < -0.39 is 40.1 Å². The maximum atomic E-state index is 13.2. The number of aliphatic hydroxyl groups is 2. The van der Waals surface area contributed by atoms with Crippen molar-refractivity contribution in [3.63, 3.8) is 0 Å². The van der Waals surface area contributed by atoms with E-state index in [0.29, 0.717) is 6.07 Å². The van der Waals surface area contributed by atoms with E-state index in [9.17, 15) is 24.0 Å². The summed E-state index contributed by atoms with van der Waals surface area (Å²) in [6, 6.07) is 1.14. The molecule has 0 aliphatic carbocycles. The SMILES string of the molecule is CC(O)(CO)CNc1cc(F)cc(F)c1[N+](=O)[O-]. The van der Waals surface area contributed by atoms with Crippen LogP contribution in [0.3, 0.4) is 0 Å². The molecule has 0 saturated carbocycles. The molecule has 0 radical (unpaired) electrons. The summed E-state index contributed by atoms with van der Waals surface area (Å²) in [5, 5.41) is 31.2. The summed E-state index contributed by atoms with van der Waals surface area (Å²) in [4.78, 5) is 9.64. The van der Waals surface area contributed by atoms with Crippen molar-refractivity contribution in [2.24, 2.45) is 0 Å². The van der Waals surface area contributed by atoms with Gasteiger partial charge in [-0.25, -0.2) is 4.39 Å². The largest absolute Gasteiger partial charge is 0.393 e. The van der Waals surface area contributed by atoms with Crippen LogP contribution in [0.4, 0.5) is 20.2 Å². The van der Waals surface area contributed by atoms with Gasteiger partial charge in [-0.1, -0.05) is 0 Å². The highest BCUT2D eigenvalue weighted by Crippen LogP contribution is 2.29. The van der Waals surface area contributed by atoms with Gasteiger partial charge in [-0.15, -0.1) is 0 Å².